The zero-order valence-electron chi connectivity index (χ0n) is 51.7. The zero-order valence-corrected chi connectivity index (χ0v) is 51.7. The van der Waals surface area contributed by atoms with E-state index in [4.69, 9.17) is 14.2 Å². The van der Waals surface area contributed by atoms with Crippen molar-refractivity contribution >= 4 is 17.9 Å². The Bertz CT molecular complexity index is 1480. The Hall–Kier alpha value is -3.41. The summed E-state index contributed by atoms with van der Waals surface area (Å²) in [5.74, 6) is -0.874. The molecule has 0 aromatic carbocycles. The first-order valence-electron chi connectivity index (χ1n) is 33.6. The third-order valence-corrected chi connectivity index (χ3v) is 14.6. The molecule has 0 aromatic heterocycles. The SMILES string of the molecule is CC/C=C\C/C=C\C/C=C\C/C=C\C/C=C\CCCCCCCCCC(=O)OCC(COC(=O)CCCCCCCCCCCCCCCC)OC(=O)CCCCCCCCCCCCC/C=C\C/C=C\CCCCCCC. The average Bonchev–Trinajstić information content (AvgIpc) is 3.44. The van der Waals surface area contributed by atoms with Gasteiger partial charge in [0.2, 0.25) is 0 Å². The van der Waals surface area contributed by atoms with Crippen molar-refractivity contribution in [2.24, 2.45) is 0 Å². The molecule has 0 N–H and O–H groups in total. The zero-order chi connectivity index (χ0) is 56.4. The third-order valence-electron chi connectivity index (χ3n) is 14.6. The van der Waals surface area contributed by atoms with E-state index in [0.717, 1.165) is 103 Å². The Kier molecular flexibility index (Phi) is 63.2. The van der Waals surface area contributed by atoms with Gasteiger partial charge in [0, 0.05) is 19.3 Å². The van der Waals surface area contributed by atoms with Gasteiger partial charge in [-0.05, 0) is 96.3 Å². The summed E-state index contributed by atoms with van der Waals surface area (Å²) in [4.78, 5) is 38.4. The van der Waals surface area contributed by atoms with Gasteiger partial charge in [-0.25, -0.2) is 0 Å². The monoisotopic (exact) mass is 1090 g/mol. The number of hydrogen-bond acceptors (Lipinski definition) is 6. The van der Waals surface area contributed by atoms with Gasteiger partial charge < -0.3 is 14.2 Å². The summed E-state index contributed by atoms with van der Waals surface area (Å²) < 4.78 is 17.0. The van der Waals surface area contributed by atoms with Crippen molar-refractivity contribution in [2.45, 2.75) is 341 Å². The van der Waals surface area contributed by atoms with Crippen LogP contribution in [0.5, 0.6) is 0 Å². The van der Waals surface area contributed by atoms with Gasteiger partial charge in [0.25, 0.3) is 0 Å². The fourth-order valence-electron chi connectivity index (χ4n) is 9.62. The van der Waals surface area contributed by atoms with Crippen molar-refractivity contribution in [2.75, 3.05) is 13.2 Å². The van der Waals surface area contributed by atoms with E-state index >= 15 is 0 Å². The number of esters is 3. The lowest BCUT2D eigenvalue weighted by atomic mass is 10.0. The largest absolute Gasteiger partial charge is 0.462 e. The first kappa shape index (κ1) is 74.6. The Morgan fingerprint density at radius 3 is 0.782 bits per heavy atom. The molecular formula is C72H126O6. The van der Waals surface area contributed by atoms with Crippen molar-refractivity contribution in [3.63, 3.8) is 0 Å². The van der Waals surface area contributed by atoms with E-state index in [-0.39, 0.29) is 31.1 Å². The number of hydrogen-bond donors (Lipinski definition) is 0. The van der Waals surface area contributed by atoms with Crippen LogP contribution in [0, 0.1) is 0 Å². The molecule has 450 valence electrons. The summed E-state index contributed by atoms with van der Waals surface area (Å²) in [5.41, 5.74) is 0. The van der Waals surface area contributed by atoms with Crippen molar-refractivity contribution < 1.29 is 28.6 Å². The summed E-state index contributed by atoms with van der Waals surface area (Å²) in [5, 5.41) is 0. The van der Waals surface area contributed by atoms with Crippen LogP contribution >= 0.6 is 0 Å². The van der Waals surface area contributed by atoms with Gasteiger partial charge in [0.05, 0.1) is 0 Å². The molecule has 0 aliphatic heterocycles. The molecule has 6 heteroatoms. The second kappa shape index (κ2) is 66.1. The third kappa shape index (κ3) is 63.4. The maximum absolute atomic E-state index is 12.9. The topological polar surface area (TPSA) is 78.9 Å². The van der Waals surface area contributed by atoms with Gasteiger partial charge in [-0.15, -0.1) is 0 Å². The van der Waals surface area contributed by atoms with Crippen molar-refractivity contribution in [1.82, 2.24) is 0 Å². The summed E-state index contributed by atoms with van der Waals surface area (Å²) >= 11 is 0. The number of carbonyl (C=O) groups excluding carboxylic acids is 3. The van der Waals surface area contributed by atoms with Crippen LogP contribution in [0.1, 0.15) is 335 Å². The molecule has 0 aliphatic carbocycles. The Balaban J connectivity index is 4.35. The molecule has 0 bridgehead atoms. The Morgan fingerprint density at radius 1 is 0.269 bits per heavy atom. The predicted octanol–water partition coefficient (Wildman–Crippen LogP) is 23.1. The predicted molar refractivity (Wildman–Crippen MR) is 339 cm³/mol. The van der Waals surface area contributed by atoms with Crippen LogP contribution in [0.4, 0.5) is 0 Å². The van der Waals surface area contributed by atoms with Gasteiger partial charge in [0.1, 0.15) is 13.2 Å². The lowest BCUT2D eigenvalue weighted by Gasteiger charge is -2.18. The second-order valence-corrected chi connectivity index (χ2v) is 22.4. The van der Waals surface area contributed by atoms with E-state index in [2.05, 4.69) is 106 Å². The molecule has 0 saturated heterocycles. The minimum atomic E-state index is -0.783. The molecule has 0 saturated carbocycles. The van der Waals surface area contributed by atoms with Gasteiger partial charge >= 0.3 is 17.9 Å². The number of rotatable bonds is 61. The van der Waals surface area contributed by atoms with Gasteiger partial charge in [0.15, 0.2) is 6.10 Å². The number of allylic oxidation sites excluding steroid dienone is 14. The van der Waals surface area contributed by atoms with E-state index < -0.39 is 6.10 Å². The van der Waals surface area contributed by atoms with Crippen LogP contribution < -0.4 is 0 Å². The van der Waals surface area contributed by atoms with Gasteiger partial charge in [-0.2, -0.15) is 0 Å². The second-order valence-electron chi connectivity index (χ2n) is 22.4. The Labute approximate surface area is 484 Å². The summed E-state index contributed by atoms with van der Waals surface area (Å²) in [7, 11) is 0. The van der Waals surface area contributed by atoms with Crippen LogP contribution in [0.15, 0.2) is 85.1 Å². The first-order chi connectivity index (χ1) is 38.5. The molecular weight excluding hydrogens is 961 g/mol. The smallest absolute Gasteiger partial charge is 0.306 e. The van der Waals surface area contributed by atoms with Crippen LogP contribution in [-0.2, 0) is 28.6 Å². The normalized spacial score (nSPS) is 12.6. The highest BCUT2D eigenvalue weighted by Crippen LogP contribution is 2.17. The molecule has 0 radical (unpaired) electrons. The lowest BCUT2D eigenvalue weighted by Crippen LogP contribution is -2.30. The highest BCUT2D eigenvalue weighted by Gasteiger charge is 2.19. The molecule has 0 aliphatic rings. The maximum Gasteiger partial charge on any atom is 0.306 e. The standard InChI is InChI=1S/C72H126O6/c1-4-7-10-13-16-19-22-25-28-30-32-34-36-38-40-42-44-47-50-53-56-59-62-65-71(74)77-68-69(67-76-70(73)64-61-58-55-52-49-46-27-24-21-18-15-12-9-6-3)78-72(75)66-63-60-57-54-51-48-45-43-41-39-37-35-33-31-29-26-23-20-17-14-11-8-5-2/h7,10,16,19,23,25-26,28,31-34,38,40,69H,4-6,8-9,11-15,17-18,20-22,24,27,29-30,35-37,39,41-68H2,1-3H3/b10-7-,19-16-,26-23-,28-25-,33-31-,34-32-,40-38-. The van der Waals surface area contributed by atoms with E-state index in [0.29, 0.717) is 19.3 Å². The first-order valence-corrected chi connectivity index (χ1v) is 33.6. The average molecular weight is 1090 g/mol. The highest BCUT2D eigenvalue weighted by atomic mass is 16.6. The number of unbranched alkanes of at least 4 members (excludes halogenated alkanes) is 36. The molecule has 0 aromatic rings. The fourth-order valence-corrected chi connectivity index (χ4v) is 9.62. The summed E-state index contributed by atoms with van der Waals surface area (Å²) in [6, 6.07) is 0. The van der Waals surface area contributed by atoms with E-state index in [1.807, 2.05) is 0 Å². The van der Waals surface area contributed by atoms with Gasteiger partial charge in [-0.3, -0.25) is 14.4 Å². The van der Waals surface area contributed by atoms with E-state index in [1.165, 1.54) is 193 Å². The molecule has 0 spiro atoms. The van der Waals surface area contributed by atoms with Crippen molar-refractivity contribution in [3.05, 3.63) is 85.1 Å². The molecule has 78 heavy (non-hydrogen) atoms. The van der Waals surface area contributed by atoms with Crippen molar-refractivity contribution in [3.8, 4) is 0 Å². The van der Waals surface area contributed by atoms with Crippen LogP contribution in [-0.4, -0.2) is 37.2 Å². The molecule has 6 nitrogen and oxygen atoms in total. The van der Waals surface area contributed by atoms with Crippen LogP contribution in [0.3, 0.4) is 0 Å². The van der Waals surface area contributed by atoms with Crippen LogP contribution in [0.2, 0.25) is 0 Å². The molecule has 1 unspecified atom stereocenters. The molecule has 0 amide bonds. The van der Waals surface area contributed by atoms with Gasteiger partial charge in [-0.1, -0.05) is 305 Å². The minimum absolute atomic E-state index is 0.0776. The minimum Gasteiger partial charge on any atom is -0.462 e. The number of carbonyl (C=O) groups is 3. The van der Waals surface area contributed by atoms with Crippen LogP contribution in [0.25, 0.3) is 0 Å². The van der Waals surface area contributed by atoms with Crippen molar-refractivity contribution in [1.29, 1.82) is 0 Å². The molecule has 0 heterocycles. The highest BCUT2D eigenvalue weighted by molar-refractivity contribution is 5.71. The summed E-state index contributed by atoms with van der Waals surface area (Å²) in [6.45, 7) is 6.55. The molecule has 1 atom stereocenters. The Morgan fingerprint density at radius 2 is 0.500 bits per heavy atom. The quantitative estimate of drug-likeness (QED) is 0.0261. The molecule has 0 fully saturated rings. The fraction of sp³-hybridized carbons (Fsp3) is 0.764. The molecule has 0 rings (SSSR count). The maximum atomic E-state index is 12.9. The summed E-state index contributed by atoms with van der Waals surface area (Å²) in [6.07, 6.45) is 87.3. The van der Waals surface area contributed by atoms with E-state index in [1.54, 1.807) is 0 Å². The lowest BCUT2D eigenvalue weighted by molar-refractivity contribution is -0.167. The van der Waals surface area contributed by atoms with E-state index in [9.17, 15) is 14.4 Å². The number of ether oxygens (including phenoxy) is 3.